The molecule has 0 aliphatic carbocycles. The fourth-order valence-electron chi connectivity index (χ4n) is 2.81. The summed E-state index contributed by atoms with van der Waals surface area (Å²) < 4.78 is 0. The average molecular weight is 366 g/mol. The lowest BCUT2D eigenvalue weighted by atomic mass is 10.1. The lowest BCUT2D eigenvalue weighted by Gasteiger charge is -2.20. The molecule has 1 aromatic heterocycles. The number of amides is 1. The first-order chi connectivity index (χ1) is 12.4. The highest BCUT2D eigenvalue weighted by Crippen LogP contribution is 2.32. The van der Waals surface area contributed by atoms with Crippen LogP contribution in [0.3, 0.4) is 0 Å². The average Bonchev–Trinajstić information content (AvgIpc) is 3.18. The van der Waals surface area contributed by atoms with Gasteiger partial charge in [0, 0.05) is 11.3 Å². The highest BCUT2D eigenvalue weighted by molar-refractivity contribution is 7.16. The highest BCUT2D eigenvalue weighted by Gasteiger charge is 2.34. The normalized spacial score (nSPS) is 16.2. The molecule has 2 heterocycles. The Morgan fingerprint density at radius 2 is 2.00 bits per heavy atom. The van der Waals surface area contributed by atoms with Gasteiger partial charge in [-0.2, -0.15) is 10.4 Å². The highest BCUT2D eigenvalue weighted by atomic mass is 32.1. The molecule has 132 valence electrons. The number of aryl methyl sites for hydroxylation is 1. The van der Waals surface area contributed by atoms with Gasteiger partial charge in [0.25, 0.3) is 5.91 Å². The second-order valence-corrected chi connectivity index (χ2v) is 7.34. The third-order valence-corrected chi connectivity index (χ3v) is 5.51. The largest absolute Gasteiger partial charge is 0.311 e. The van der Waals surface area contributed by atoms with Crippen molar-refractivity contribution in [3.63, 3.8) is 0 Å². The van der Waals surface area contributed by atoms with Crippen molar-refractivity contribution in [3.05, 3.63) is 46.3 Å². The molecule has 0 fully saturated rings. The van der Waals surface area contributed by atoms with E-state index in [-0.39, 0.29) is 23.8 Å². The fourth-order valence-corrected chi connectivity index (χ4v) is 3.81. The molecule has 1 unspecified atom stereocenters. The zero-order valence-electron chi connectivity index (χ0n) is 14.7. The molecule has 0 spiro atoms. The van der Waals surface area contributed by atoms with Crippen molar-refractivity contribution in [2.75, 3.05) is 10.3 Å². The van der Waals surface area contributed by atoms with E-state index in [4.69, 9.17) is 0 Å². The minimum absolute atomic E-state index is 0.0547. The molecule has 1 aromatic carbocycles. The Morgan fingerprint density at radius 3 is 2.62 bits per heavy atom. The van der Waals surface area contributed by atoms with E-state index in [1.807, 2.05) is 44.2 Å². The summed E-state index contributed by atoms with van der Waals surface area (Å²) in [7, 11) is 0. The predicted octanol–water partition coefficient (Wildman–Crippen LogP) is 3.40. The maximum atomic E-state index is 12.7. The minimum Gasteiger partial charge on any atom is -0.311 e. The molecule has 26 heavy (non-hydrogen) atoms. The van der Waals surface area contributed by atoms with E-state index in [2.05, 4.69) is 16.5 Å². The molecule has 0 saturated carbocycles. The second kappa shape index (κ2) is 7.10. The first kappa shape index (κ1) is 17.8. The molecule has 0 bridgehead atoms. The number of carbonyl (C=O) groups is 2. The quantitative estimate of drug-likeness (QED) is 0.898. The van der Waals surface area contributed by atoms with Gasteiger partial charge in [0.1, 0.15) is 22.8 Å². The molecule has 1 aliphatic heterocycles. The number of anilines is 2. The van der Waals surface area contributed by atoms with E-state index in [0.29, 0.717) is 10.6 Å². The molecule has 2 aromatic rings. The third-order valence-electron chi connectivity index (χ3n) is 4.39. The minimum atomic E-state index is -0.500. The lowest BCUT2D eigenvalue weighted by molar-refractivity contribution is -0.118. The van der Waals surface area contributed by atoms with Crippen molar-refractivity contribution in [1.29, 1.82) is 5.26 Å². The Bertz CT molecular complexity index is 940. The summed E-state index contributed by atoms with van der Waals surface area (Å²) in [6.07, 6.45) is 0.237. The van der Waals surface area contributed by atoms with Crippen LogP contribution in [-0.2, 0) is 9.59 Å². The summed E-state index contributed by atoms with van der Waals surface area (Å²) in [6.45, 7) is 5.26. The van der Waals surface area contributed by atoms with Gasteiger partial charge in [-0.25, -0.2) is 0 Å². The molecule has 1 atom stereocenters. The van der Waals surface area contributed by atoms with E-state index < -0.39 is 6.04 Å². The van der Waals surface area contributed by atoms with Crippen LogP contribution >= 0.6 is 11.3 Å². The molecule has 3 rings (SSSR count). The van der Waals surface area contributed by atoms with E-state index in [9.17, 15) is 14.9 Å². The standard InChI is InChI=1S/C19H18N4O2S/c1-11-13(3)26-19(15(11)10-20)21-18(25)16-9-17(12(2)24)23(22-16)14-7-5-4-6-8-14/h4-8,17H,9H2,1-3H3,(H,21,25). The zero-order chi connectivity index (χ0) is 18.8. The Morgan fingerprint density at radius 1 is 1.31 bits per heavy atom. The maximum absolute atomic E-state index is 12.7. The summed E-state index contributed by atoms with van der Waals surface area (Å²) in [6, 6.07) is 10.9. The monoisotopic (exact) mass is 366 g/mol. The van der Waals surface area contributed by atoms with Gasteiger partial charge in [-0.1, -0.05) is 18.2 Å². The number of nitriles is 1. The van der Waals surface area contributed by atoms with Crippen LogP contribution in [0.25, 0.3) is 0 Å². The number of hydrazone groups is 1. The van der Waals surface area contributed by atoms with E-state index in [1.165, 1.54) is 18.3 Å². The number of carbonyl (C=O) groups excluding carboxylic acids is 2. The first-order valence-corrected chi connectivity index (χ1v) is 8.97. The predicted molar refractivity (Wildman–Crippen MR) is 103 cm³/mol. The van der Waals surface area contributed by atoms with Crippen LogP contribution in [0.4, 0.5) is 10.7 Å². The van der Waals surface area contributed by atoms with Crippen LogP contribution in [0.1, 0.15) is 29.3 Å². The summed E-state index contributed by atoms with van der Waals surface area (Å²) in [5, 5.41) is 18.6. The van der Waals surface area contributed by atoms with Gasteiger partial charge >= 0.3 is 0 Å². The number of rotatable bonds is 4. The number of nitrogens with one attached hydrogen (secondary N) is 1. The number of para-hydroxylation sites is 1. The van der Waals surface area contributed by atoms with Crippen LogP contribution in [0, 0.1) is 25.2 Å². The van der Waals surface area contributed by atoms with Crippen molar-refractivity contribution >= 4 is 39.4 Å². The van der Waals surface area contributed by atoms with Crippen LogP contribution in [0.2, 0.25) is 0 Å². The van der Waals surface area contributed by atoms with E-state index in [0.717, 1.165) is 16.1 Å². The molecule has 6 nitrogen and oxygen atoms in total. The Kier molecular flexibility index (Phi) is 4.87. The van der Waals surface area contributed by atoms with Crippen molar-refractivity contribution in [1.82, 2.24) is 0 Å². The first-order valence-electron chi connectivity index (χ1n) is 8.16. The van der Waals surface area contributed by atoms with Gasteiger partial charge in [0.15, 0.2) is 5.78 Å². The Balaban J connectivity index is 1.87. The molecule has 0 radical (unpaired) electrons. The molecule has 0 saturated heterocycles. The van der Waals surface area contributed by atoms with Gasteiger partial charge in [0.2, 0.25) is 0 Å². The SMILES string of the molecule is CC(=O)C1CC(C(=O)Nc2sc(C)c(C)c2C#N)=NN1c1ccccc1. The van der Waals surface area contributed by atoms with Crippen molar-refractivity contribution in [3.8, 4) is 6.07 Å². The number of hydrogen-bond donors (Lipinski definition) is 1. The number of ketones is 1. The third kappa shape index (κ3) is 3.24. The van der Waals surface area contributed by atoms with E-state index in [1.54, 1.807) is 5.01 Å². The van der Waals surface area contributed by atoms with Crippen LogP contribution in [-0.4, -0.2) is 23.4 Å². The lowest BCUT2D eigenvalue weighted by Crippen LogP contribution is -2.33. The van der Waals surface area contributed by atoms with Crippen LogP contribution in [0.15, 0.2) is 35.4 Å². The number of thiophene rings is 1. The Hall–Kier alpha value is -2.98. The fraction of sp³-hybridized carbons (Fsp3) is 0.263. The molecule has 7 heteroatoms. The number of hydrogen-bond acceptors (Lipinski definition) is 6. The van der Waals surface area contributed by atoms with Crippen LogP contribution < -0.4 is 10.3 Å². The van der Waals surface area contributed by atoms with Crippen molar-refractivity contribution in [2.24, 2.45) is 5.10 Å². The van der Waals surface area contributed by atoms with E-state index >= 15 is 0 Å². The van der Waals surface area contributed by atoms with Gasteiger partial charge < -0.3 is 5.32 Å². The van der Waals surface area contributed by atoms with Gasteiger partial charge in [-0.3, -0.25) is 14.6 Å². The summed E-state index contributed by atoms with van der Waals surface area (Å²) in [5.74, 6) is -0.437. The number of Topliss-reactive ketones (excluding diaryl/α,β-unsaturated/α-hetero) is 1. The van der Waals surface area contributed by atoms with Crippen molar-refractivity contribution < 1.29 is 9.59 Å². The van der Waals surface area contributed by atoms with Crippen molar-refractivity contribution in [2.45, 2.75) is 33.2 Å². The van der Waals surface area contributed by atoms with Gasteiger partial charge in [0.05, 0.1) is 11.3 Å². The number of benzene rings is 1. The zero-order valence-corrected chi connectivity index (χ0v) is 15.6. The summed E-state index contributed by atoms with van der Waals surface area (Å²) in [4.78, 5) is 25.7. The van der Waals surface area contributed by atoms with Crippen LogP contribution in [0.5, 0.6) is 0 Å². The Labute approximate surface area is 155 Å². The summed E-state index contributed by atoms with van der Waals surface area (Å²) in [5.41, 5.74) is 2.38. The summed E-state index contributed by atoms with van der Waals surface area (Å²) >= 11 is 1.37. The molecule has 1 aliphatic rings. The smallest absolute Gasteiger partial charge is 0.272 e. The molecular weight excluding hydrogens is 348 g/mol. The van der Waals surface area contributed by atoms with Gasteiger partial charge in [-0.05, 0) is 38.5 Å². The number of nitrogens with zero attached hydrogens (tertiary/aromatic N) is 3. The molecular formula is C19H18N4O2S. The second-order valence-electron chi connectivity index (χ2n) is 6.11. The molecule has 1 N–H and O–H groups in total. The topological polar surface area (TPSA) is 85.6 Å². The maximum Gasteiger partial charge on any atom is 0.272 e. The molecule has 1 amide bonds. The van der Waals surface area contributed by atoms with Gasteiger partial charge in [-0.15, -0.1) is 11.3 Å².